The second kappa shape index (κ2) is 7.09. The lowest BCUT2D eigenvalue weighted by atomic mass is 9.78. The van der Waals surface area contributed by atoms with Crippen LogP contribution in [0.15, 0.2) is 18.2 Å². The Morgan fingerprint density at radius 2 is 2.04 bits per heavy atom. The molecular formula is C20H24ClN3O2. The van der Waals surface area contributed by atoms with Gasteiger partial charge in [-0.2, -0.15) is 5.26 Å². The molecule has 1 aromatic carbocycles. The van der Waals surface area contributed by atoms with Crippen molar-refractivity contribution in [3.05, 3.63) is 28.8 Å². The molecule has 5 nitrogen and oxygen atoms in total. The predicted octanol–water partition coefficient (Wildman–Crippen LogP) is 3.21. The summed E-state index contributed by atoms with van der Waals surface area (Å²) in [5, 5.41) is 9.63. The topological polar surface area (TPSA) is 56.6 Å². The number of hydrogen-bond donors (Lipinski definition) is 0. The molecule has 4 rings (SSSR count). The first-order valence-electron chi connectivity index (χ1n) is 9.46. The number of ether oxygens (including phenoxy) is 1. The van der Waals surface area contributed by atoms with Crippen LogP contribution in [0.25, 0.3) is 0 Å². The van der Waals surface area contributed by atoms with Crippen LogP contribution in [0.1, 0.15) is 37.7 Å². The van der Waals surface area contributed by atoms with Crippen molar-refractivity contribution in [3.63, 3.8) is 0 Å². The number of nitrogens with zero attached hydrogens (tertiary/aromatic N) is 3. The Balaban J connectivity index is 1.53. The summed E-state index contributed by atoms with van der Waals surface area (Å²) in [5.74, 6) is 0.318. The predicted molar refractivity (Wildman–Crippen MR) is 100 cm³/mol. The lowest BCUT2D eigenvalue weighted by Crippen LogP contribution is -2.50. The number of carbonyl (C=O) groups excluding carboxylic acids is 1. The maximum absolute atomic E-state index is 13.3. The molecule has 0 saturated carbocycles. The van der Waals surface area contributed by atoms with Crippen molar-refractivity contribution >= 4 is 23.2 Å². The van der Waals surface area contributed by atoms with Crippen molar-refractivity contribution in [1.82, 2.24) is 4.90 Å². The van der Waals surface area contributed by atoms with Gasteiger partial charge in [-0.15, -0.1) is 0 Å². The molecule has 1 amide bonds. The number of rotatable bonds is 2. The molecule has 0 radical (unpaired) electrons. The normalized spacial score (nSPS) is 27.2. The Kier molecular flexibility index (Phi) is 4.81. The minimum Gasteiger partial charge on any atom is -0.381 e. The molecule has 1 atom stereocenters. The lowest BCUT2D eigenvalue weighted by molar-refractivity contribution is -0.139. The molecule has 0 N–H and O–H groups in total. The van der Waals surface area contributed by atoms with E-state index in [9.17, 15) is 4.79 Å². The number of amides is 1. The van der Waals surface area contributed by atoms with E-state index in [0.29, 0.717) is 22.5 Å². The van der Waals surface area contributed by atoms with Crippen molar-refractivity contribution in [2.75, 3.05) is 37.7 Å². The molecule has 0 unspecified atom stereocenters. The fourth-order valence-corrected chi connectivity index (χ4v) is 5.04. The number of nitriles is 1. The van der Waals surface area contributed by atoms with Crippen LogP contribution >= 0.6 is 11.6 Å². The van der Waals surface area contributed by atoms with Gasteiger partial charge in [-0.25, -0.2) is 0 Å². The standard InChI is InChI=1S/C20H24ClN3O2/c21-17-12-15(13-22)2-3-18(17)23-8-1-6-20(14-23)7-9-24(19(20)25)16-4-10-26-11-5-16/h2-3,12,16H,1,4-11,14H2/t20-/m1/s1. The van der Waals surface area contributed by atoms with Gasteiger partial charge in [0.1, 0.15) is 0 Å². The number of piperidine rings is 1. The lowest BCUT2D eigenvalue weighted by Gasteiger charge is -2.41. The number of hydrogen-bond acceptors (Lipinski definition) is 4. The molecule has 0 bridgehead atoms. The molecule has 3 aliphatic rings. The Hall–Kier alpha value is -1.77. The Morgan fingerprint density at radius 3 is 2.77 bits per heavy atom. The zero-order chi connectivity index (χ0) is 18.1. The maximum atomic E-state index is 13.3. The second-order valence-corrected chi connectivity index (χ2v) is 8.08. The highest BCUT2D eigenvalue weighted by atomic mass is 35.5. The van der Waals surface area contributed by atoms with Crippen molar-refractivity contribution < 1.29 is 9.53 Å². The second-order valence-electron chi connectivity index (χ2n) is 7.68. The minimum absolute atomic E-state index is 0.284. The highest BCUT2D eigenvalue weighted by Gasteiger charge is 2.50. The van der Waals surface area contributed by atoms with E-state index in [2.05, 4.69) is 15.9 Å². The van der Waals surface area contributed by atoms with Crippen LogP contribution in [0.5, 0.6) is 0 Å². The van der Waals surface area contributed by atoms with Gasteiger partial charge >= 0.3 is 0 Å². The van der Waals surface area contributed by atoms with Gasteiger partial charge in [-0.1, -0.05) is 11.6 Å². The van der Waals surface area contributed by atoms with Gasteiger partial charge in [0.05, 0.1) is 27.8 Å². The first-order valence-corrected chi connectivity index (χ1v) is 9.84. The zero-order valence-corrected chi connectivity index (χ0v) is 15.7. The van der Waals surface area contributed by atoms with Crippen LogP contribution in [0, 0.1) is 16.7 Å². The Bertz CT molecular complexity index is 741. The van der Waals surface area contributed by atoms with Crippen LogP contribution in [0.4, 0.5) is 5.69 Å². The van der Waals surface area contributed by atoms with E-state index in [-0.39, 0.29) is 5.41 Å². The smallest absolute Gasteiger partial charge is 0.230 e. The highest BCUT2D eigenvalue weighted by Crippen LogP contribution is 2.43. The van der Waals surface area contributed by atoms with Crippen LogP contribution in [-0.2, 0) is 9.53 Å². The molecule has 0 aliphatic carbocycles. The first-order chi connectivity index (χ1) is 12.6. The van der Waals surface area contributed by atoms with E-state index in [1.54, 1.807) is 12.1 Å². The van der Waals surface area contributed by atoms with Crippen molar-refractivity contribution in [2.45, 2.75) is 38.1 Å². The summed E-state index contributed by atoms with van der Waals surface area (Å²) >= 11 is 6.42. The number of halogens is 1. The van der Waals surface area contributed by atoms with Gasteiger partial charge in [0.2, 0.25) is 5.91 Å². The van der Waals surface area contributed by atoms with E-state index in [1.807, 2.05) is 6.07 Å². The summed E-state index contributed by atoms with van der Waals surface area (Å²) in [6.45, 7) is 4.00. The third-order valence-corrected chi connectivity index (χ3v) is 6.47. The number of benzene rings is 1. The number of anilines is 1. The zero-order valence-electron chi connectivity index (χ0n) is 14.9. The average molecular weight is 374 g/mol. The molecule has 138 valence electrons. The van der Waals surface area contributed by atoms with Gasteiger partial charge in [0.25, 0.3) is 0 Å². The molecule has 3 heterocycles. The molecule has 26 heavy (non-hydrogen) atoms. The Morgan fingerprint density at radius 1 is 1.23 bits per heavy atom. The van der Waals surface area contributed by atoms with E-state index < -0.39 is 0 Å². The van der Waals surface area contributed by atoms with Crippen molar-refractivity contribution in [1.29, 1.82) is 5.26 Å². The summed E-state index contributed by atoms with van der Waals surface area (Å²) < 4.78 is 5.45. The summed E-state index contributed by atoms with van der Waals surface area (Å²) in [6.07, 6.45) is 4.77. The van der Waals surface area contributed by atoms with Crippen LogP contribution in [0.3, 0.4) is 0 Å². The molecule has 1 spiro atoms. The van der Waals surface area contributed by atoms with Crippen LogP contribution in [0.2, 0.25) is 5.02 Å². The van der Waals surface area contributed by atoms with Gasteiger partial charge in [-0.3, -0.25) is 4.79 Å². The largest absolute Gasteiger partial charge is 0.381 e. The average Bonchev–Trinajstić information content (AvgIpc) is 2.98. The van der Waals surface area contributed by atoms with Crippen LogP contribution in [-0.4, -0.2) is 49.7 Å². The quantitative estimate of drug-likeness (QED) is 0.798. The molecule has 3 fully saturated rings. The number of likely N-dealkylation sites (tertiary alicyclic amines) is 1. The molecule has 1 aromatic rings. The highest BCUT2D eigenvalue weighted by molar-refractivity contribution is 6.33. The monoisotopic (exact) mass is 373 g/mol. The van der Waals surface area contributed by atoms with E-state index >= 15 is 0 Å². The molecular weight excluding hydrogens is 350 g/mol. The van der Waals surface area contributed by atoms with Gasteiger partial charge < -0.3 is 14.5 Å². The van der Waals surface area contributed by atoms with E-state index in [1.165, 1.54) is 0 Å². The van der Waals surface area contributed by atoms with Gasteiger partial charge in [0.15, 0.2) is 0 Å². The van der Waals surface area contributed by atoms with Gasteiger partial charge in [0, 0.05) is 38.9 Å². The van der Waals surface area contributed by atoms with Crippen molar-refractivity contribution in [3.8, 4) is 6.07 Å². The van der Waals surface area contributed by atoms with Crippen LogP contribution < -0.4 is 4.90 Å². The third-order valence-electron chi connectivity index (χ3n) is 6.17. The summed E-state index contributed by atoms with van der Waals surface area (Å²) in [4.78, 5) is 17.7. The molecule has 3 aliphatic heterocycles. The first kappa shape index (κ1) is 17.6. The SMILES string of the molecule is N#Cc1ccc(N2CCC[C@@]3(CCN(C4CCOCC4)C3=O)C2)c(Cl)c1. The number of carbonyl (C=O) groups is 1. The van der Waals surface area contributed by atoms with Crippen molar-refractivity contribution in [2.24, 2.45) is 5.41 Å². The van der Waals surface area contributed by atoms with E-state index in [4.69, 9.17) is 21.6 Å². The molecule has 3 saturated heterocycles. The molecule has 0 aromatic heterocycles. The third kappa shape index (κ3) is 3.06. The maximum Gasteiger partial charge on any atom is 0.230 e. The summed E-state index contributed by atoms with van der Waals surface area (Å²) in [5.41, 5.74) is 1.21. The molecule has 6 heteroatoms. The Labute approximate surface area is 159 Å². The van der Waals surface area contributed by atoms with Gasteiger partial charge in [-0.05, 0) is 50.3 Å². The fourth-order valence-electron chi connectivity index (χ4n) is 4.74. The minimum atomic E-state index is -0.284. The summed E-state index contributed by atoms with van der Waals surface area (Å²) in [7, 11) is 0. The van der Waals surface area contributed by atoms with E-state index in [0.717, 1.165) is 70.6 Å². The summed E-state index contributed by atoms with van der Waals surface area (Å²) in [6, 6.07) is 7.88. The fraction of sp³-hybridized carbons (Fsp3) is 0.600.